The zero-order valence-electron chi connectivity index (χ0n) is 17.0. The molecule has 0 bridgehead atoms. The van der Waals surface area contributed by atoms with Gasteiger partial charge in [0.2, 0.25) is 5.56 Å². The first kappa shape index (κ1) is 20.7. The Bertz CT molecular complexity index is 1250. The van der Waals surface area contributed by atoms with Crippen molar-refractivity contribution in [3.8, 4) is 16.5 Å². The van der Waals surface area contributed by atoms with Crippen LogP contribution in [0.2, 0.25) is 0 Å². The smallest absolute Gasteiger partial charge is 0.215 e. The Labute approximate surface area is 193 Å². The molecule has 0 fully saturated rings. The molecule has 1 unspecified atom stereocenters. The number of ether oxygens (including phenoxy) is 2. The highest BCUT2D eigenvalue weighted by atomic mass is 35.5. The first-order valence-electron chi connectivity index (χ1n) is 10.1. The number of fused-ring (bicyclic) bond motifs is 1. The van der Waals surface area contributed by atoms with Crippen LogP contribution in [0.3, 0.4) is 0 Å². The van der Waals surface area contributed by atoms with Crippen LogP contribution in [0.4, 0.5) is 0 Å². The number of para-hydroxylation sites is 1. The summed E-state index contributed by atoms with van der Waals surface area (Å²) in [6, 6.07) is 17.9. The van der Waals surface area contributed by atoms with Gasteiger partial charge >= 0.3 is 0 Å². The summed E-state index contributed by atoms with van der Waals surface area (Å²) in [5.74, 6) is 0.677. The minimum Gasteiger partial charge on any atom is -0.469 e. The van der Waals surface area contributed by atoms with Gasteiger partial charge in [-0.3, -0.25) is 4.68 Å². The van der Waals surface area contributed by atoms with Crippen molar-refractivity contribution >= 4 is 33.8 Å². The molecule has 32 heavy (non-hydrogen) atoms. The molecule has 0 radical (unpaired) electrons. The maximum Gasteiger partial charge on any atom is 0.215 e. The van der Waals surface area contributed by atoms with E-state index < -0.39 is 5.56 Å². The lowest BCUT2D eigenvalue weighted by molar-refractivity contribution is 0.110. The van der Waals surface area contributed by atoms with Crippen LogP contribution in [0.25, 0.3) is 21.6 Å². The maximum absolute atomic E-state index is 6.48. The van der Waals surface area contributed by atoms with Crippen LogP contribution in [-0.2, 0) is 17.9 Å². The van der Waals surface area contributed by atoms with Gasteiger partial charge in [0, 0.05) is 22.5 Å². The highest BCUT2D eigenvalue weighted by molar-refractivity contribution is 7.13. The first-order valence-corrected chi connectivity index (χ1v) is 11.4. The van der Waals surface area contributed by atoms with E-state index in [0.717, 1.165) is 27.2 Å². The number of thiazole rings is 1. The Balaban J connectivity index is 1.15. The van der Waals surface area contributed by atoms with Gasteiger partial charge in [0.05, 0.1) is 31.6 Å². The van der Waals surface area contributed by atoms with Gasteiger partial charge in [-0.2, -0.15) is 0 Å². The molecule has 1 atom stereocenters. The summed E-state index contributed by atoms with van der Waals surface area (Å²) >= 11 is 8.02. The number of hydrogen-bond donors (Lipinski definition) is 1. The molecule has 5 aromatic rings. The lowest BCUT2D eigenvalue weighted by Gasteiger charge is -2.11. The van der Waals surface area contributed by atoms with E-state index in [1.807, 2.05) is 54.0 Å². The monoisotopic (exact) mass is 465 g/mol. The summed E-state index contributed by atoms with van der Waals surface area (Å²) in [5.41, 5.74) is 3.12. The fourth-order valence-corrected chi connectivity index (χ4v) is 4.34. The van der Waals surface area contributed by atoms with Crippen LogP contribution in [-0.4, -0.2) is 31.6 Å². The van der Waals surface area contributed by atoms with Crippen LogP contribution in [0.5, 0.6) is 5.75 Å². The van der Waals surface area contributed by atoms with Crippen molar-refractivity contribution in [1.82, 2.24) is 25.0 Å². The Morgan fingerprint density at radius 1 is 1.12 bits per heavy atom. The van der Waals surface area contributed by atoms with E-state index in [1.54, 1.807) is 10.9 Å². The van der Waals surface area contributed by atoms with Crippen molar-refractivity contribution < 1.29 is 9.47 Å². The summed E-state index contributed by atoms with van der Waals surface area (Å²) in [5, 5.41) is 11.6. The Morgan fingerprint density at radius 2 is 2.00 bits per heavy atom. The molecule has 5 rings (SSSR count). The fraction of sp³-hybridized carbons (Fsp3) is 0.174. The molecular weight excluding hydrogens is 446 g/mol. The quantitative estimate of drug-likeness (QED) is 0.232. The standard InChI is InChI=1S/C23H20ClN5O2S/c24-22(21-15-32-23(27-21)20-13-17-3-1-2-4-19(17)26-20)31-18-7-5-16(6-8-18)14-30-12-11-29-10-9-25-28-29/h1-10,13,15,22,26H,11-12,14H2. The molecule has 9 heteroatoms. The summed E-state index contributed by atoms with van der Waals surface area (Å²) in [6.45, 7) is 1.75. The van der Waals surface area contributed by atoms with Crippen LogP contribution in [0.15, 0.2) is 72.4 Å². The summed E-state index contributed by atoms with van der Waals surface area (Å²) in [7, 11) is 0. The van der Waals surface area contributed by atoms with E-state index >= 15 is 0 Å². The van der Waals surface area contributed by atoms with Crippen LogP contribution in [0.1, 0.15) is 16.8 Å². The number of rotatable bonds is 9. The molecular formula is C23H20ClN5O2S. The number of benzene rings is 2. The van der Waals surface area contributed by atoms with E-state index in [2.05, 4.69) is 32.4 Å². The predicted octanol–water partition coefficient (Wildman–Crippen LogP) is 5.42. The van der Waals surface area contributed by atoms with Gasteiger partial charge in [-0.15, -0.1) is 16.4 Å². The van der Waals surface area contributed by atoms with Crippen LogP contribution < -0.4 is 4.74 Å². The lowest BCUT2D eigenvalue weighted by atomic mass is 10.2. The summed E-state index contributed by atoms with van der Waals surface area (Å²) < 4.78 is 13.3. The van der Waals surface area contributed by atoms with Gasteiger partial charge < -0.3 is 14.5 Å². The fourth-order valence-electron chi connectivity index (χ4n) is 3.25. The van der Waals surface area contributed by atoms with Crippen molar-refractivity contribution in [2.24, 2.45) is 0 Å². The number of hydrogen-bond acceptors (Lipinski definition) is 6. The number of aromatic nitrogens is 5. The van der Waals surface area contributed by atoms with Gasteiger partial charge in [-0.1, -0.05) is 47.1 Å². The average molecular weight is 466 g/mol. The molecule has 1 N–H and O–H groups in total. The molecule has 7 nitrogen and oxygen atoms in total. The van der Waals surface area contributed by atoms with Crippen LogP contribution >= 0.6 is 22.9 Å². The summed E-state index contributed by atoms with van der Waals surface area (Å²) in [6.07, 6.45) is 3.46. The Kier molecular flexibility index (Phi) is 6.15. The lowest BCUT2D eigenvalue weighted by Crippen LogP contribution is -2.06. The second-order valence-electron chi connectivity index (χ2n) is 7.14. The van der Waals surface area contributed by atoms with E-state index in [-0.39, 0.29) is 0 Å². The highest BCUT2D eigenvalue weighted by Crippen LogP contribution is 2.31. The zero-order valence-corrected chi connectivity index (χ0v) is 18.6. The first-order chi connectivity index (χ1) is 15.7. The van der Waals surface area contributed by atoms with Crippen molar-refractivity contribution in [2.45, 2.75) is 18.7 Å². The third-order valence-corrected chi connectivity index (χ3v) is 6.09. The topological polar surface area (TPSA) is 77.9 Å². The second-order valence-corrected chi connectivity index (χ2v) is 8.40. The number of H-pyrrole nitrogens is 1. The molecule has 0 saturated heterocycles. The van der Waals surface area contributed by atoms with Gasteiger partial charge in [-0.05, 0) is 29.8 Å². The van der Waals surface area contributed by atoms with E-state index in [1.165, 1.54) is 11.3 Å². The molecule has 0 spiro atoms. The molecule has 2 aromatic carbocycles. The van der Waals surface area contributed by atoms with Gasteiger partial charge in [-0.25, -0.2) is 4.98 Å². The SMILES string of the molecule is ClC(Oc1ccc(COCCn2ccnn2)cc1)c1csc(-c2cc3ccccc3[nH]2)n1. The third-order valence-electron chi connectivity index (χ3n) is 4.88. The molecule has 3 heterocycles. The number of alkyl halides is 1. The van der Waals surface area contributed by atoms with Crippen LogP contribution in [0, 0.1) is 0 Å². The highest BCUT2D eigenvalue weighted by Gasteiger charge is 2.16. The average Bonchev–Trinajstić information content (AvgIpc) is 3.58. The van der Waals surface area contributed by atoms with Crippen molar-refractivity contribution in [1.29, 1.82) is 0 Å². The number of aromatic amines is 1. The molecule has 0 aliphatic rings. The molecule has 0 saturated carbocycles. The number of halogens is 1. The van der Waals surface area contributed by atoms with Crippen molar-refractivity contribution in [2.75, 3.05) is 6.61 Å². The minimum absolute atomic E-state index is 0.513. The molecule has 0 aliphatic heterocycles. The molecule has 0 amide bonds. The predicted molar refractivity (Wildman–Crippen MR) is 125 cm³/mol. The molecule has 0 aliphatic carbocycles. The van der Waals surface area contributed by atoms with E-state index in [9.17, 15) is 0 Å². The van der Waals surface area contributed by atoms with Gasteiger partial charge in [0.1, 0.15) is 16.5 Å². The normalized spacial score (nSPS) is 12.3. The minimum atomic E-state index is -0.672. The third kappa shape index (κ3) is 4.83. The number of nitrogens with one attached hydrogen (secondary N) is 1. The van der Waals surface area contributed by atoms with Gasteiger partial charge in [0.25, 0.3) is 0 Å². The maximum atomic E-state index is 6.48. The largest absolute Gasteiger partial charge is 0.469 e. The van der Waals surface area contributed by atoms with Crippen molar-refractivity contribution in [3.05, 3.63) is 83.6 Å². The Morgan fingerprint density at radius 3 is 2.81 bits per heavy atom. The van der Waals surface area contributed by atoms with Crippen molar-refractivity contribution in [3.63, 3.8) is 0 Å². The second kappa shape index (κ2) is 9.52. The Hall–Kier alpha value is -3.20. The zero-order chi connectivity index (χ0) is 21.8. The molecule has 162 valence electrons. The van der Waals surface area contributed by atoms with E-state index in [4.69, 9.17) is 21.1 Å². The molecule has 3 aromatic heterocycles. The summed E-state index contributed by atoms with van der Waals surface area (Å²) in [4.78, 5) is 8.05. The van der Waals surface area contributed by atoms with Gasteiger partial charge in [0.15, 0.2) is 0 Å². The van der Waals surface area contributed by atoms with E-state index in [0.29, 0.717) is 31.2 Å². The number of nitrogens with zero attached hydrogens (tertiary/aromatic N) is 4.